The van der Waals surface area contributed by atoms with E-state index in [1.807, 2.05) is 23.3 Å². The first kappa shape index (κ1) is 18.3. The predicted octanol–water partition coefficient (Wildman–Crippen LogP) is 3.97. The van der Waals surface area contributed by atoms with Crippen LogP contribution < -0.4 is 10.2 Å². The van der Waals surface area contributed by atoms with E-state index in [0.717, 1.165) is 36.6 Å². The molecule has 4 nitrogen and oxygen atoms in total. The Bertz CT molecular complexity index is 662. The minimum Gasteiger partial charge on any atom is -0.353 e. The Labute approximate surface area is 158 Å². The molecule has 0 spiro atoms. The maximum absolute atomic E-state index is 12.3. The summed E-state index contributed by atoms with van der Waals surface area (Å²) >= 11 is 3.52. The largest absolute Gasteiger partial charge is 0.353 e. The van der Waals surface area contributed by atoms with Crippen LogP contribution in [-0.2, 0) is 11.2 Å². The summed E-state index contributed by atoms with van der Waals surface area (Å²) in [6.45, 7) is 6.29. The maximum atomic E-state index is 12.3. The van der Waals surface area contributed by atoms with Crippen molar-refractivity contribution in [3.05, 3.63) is 41.4 Å². The number of piperidine rings is 1. The highest BCUT2D eigenvalue weighted by molar-refractivity contribution is 7.99. The van der Waals surface area contributed by atoms with Gasteiger partial charge in [-0.25, -0.2) is 4.98 Å². The number of rotatable bonds is 6. The zero-order chi connectivity index (χ0) is 17.6. The Kier molecular flexibility index (Phi) is 6.37. The molecule has 0 bridgehead atoms. The molecule has 0 saturated carbocycles. The van der Waals surface area contributed by atoms with Gasteiger partial charge in [0.1, 0.15) is 0 Å². The summed E-state index contributed by atoms with van der Waals surface area (Å²) in [5.41, 5.74) is 1.07. The first-order chi connectivity index (χ1) is 12.1. The first-order valence-electron chi connectivity index (χ1n) is 8.79. The Morgan fingerprint density at radius 3 is 2.64 bits per heavy atom. The van der Waals surface area contributed by atoms with Crippen molar-refractivity contribution in [2.24, 2.45) is 0 Å². The van der Waals surface area contributed by atoms with Crippen LogP contribution in [0.1, 0.15) is 32.3 Å². The van der Waals surface area contributed by atoms with E-state index >= 15 is 0 Å². The number of amides is 1. The molecule has 3 rings (SSSR count). The average Bonchev–Trinajstić information content (AvgIpc) is 3.11. The standard InChI is InChI=1S/C19H25N3OS2/c1-14(2)25-17-5-3-15(4-6-17)13-18(23)21-16-7-10-22(11-8-16)19-20-9-12-24-19/h3-6,9,12,14,16H,7-8,10-11,13H2,1-2H3,(H,21,23). The summed E-state index contributed by atoms with van der Waals surface area (Å²) in [4.78, 5) is 20.2. The highest BCUT2D eigenvalue weighted by atomic mass is 32.2. The molecule has 1 N–H and O–H groups in total. The van der Waals surface area contributed by atoms with Crippen LogP contribution in [0.3, 0.4) is 0 Å². The molecule has 0 aliphatic carbocycles. The smallest absolute Gasteiger partial charge is 0.224 e. The van der Waals surface area contributed by atoms with Crippen molar-refractivity contribution in [2.75, 3.05) is 18.0 Å². The van der Waals surface area contributed by atoms with Crippen molar-refractivity contribution in [3.63, 3.8) is 0 Å². The average molecular weight is 376 g/mol. The summed E-state index contributed by atoms with van der Waals surface area (Å²) in [7, 11) is 0. The molecule has 1 aromatic heterocycles. The highest BCUT2D eigenvalue weighted by Gasteiger charge is 2.21. The normalized spacial score (nSPS) is 15.6. The Hall–Kier alpha value is -1.53. The SMILES string of the molecule is CC(C)Sc1ccc(CC(=O)NC2CCN(c3nccs3)CC2)cc1. The second kappa shape index (κ2) is 8.72. The van der Waals surface area contributed by atoms with Gasteiger partial charge in [0.05, 0.1) is 6.42 Å². The zero-order valence-corrected chi connectivity index (χ0v) is 16.4. The van der Waals surface area contributed by atoms with Crippen molar-refractivity contribution in [2.45, 2.75) is 49.3 Å². The van der Waals surface area contributed by atoms with Crippen molar-refractivity contribution in [1.29, 1.82) is 0 Å². The van der Waals surface area contributed by atoms with Crippen molar-refractivity contribution >= 4 is 34.1 Å². The molecule has 2 aromatic rings. The van der Waals surface area contributed by atoms with Crippen molar-refractivity contribution < 1.29 is 4.79 Å². The number of hydrogen-bond acceptors (Lipinski definition) is 5. The molecule has 1 aromatic carbocycles. The van der Waals surface area contributed by atoms with Crippen molar-refractivity contribution in [3.8, 4) is 0 Å². The van der Waals surface area contributed by atoms with Crippen LogP contribution in [0.5, 0.6) is 0 Å². The van der Waals surface area contributed by atoms with Gasteiger partial charge in [-0.05, 0) is 30.5 Å². The summed E-state index contributed by atoms with van der Waals surface area (Å²) in [6, 6.07) is 8.63. The van der Waals surface area contributed by atoms with Gasteiger partial charge in [-0.1, -0.05) is 26.0 Å². The molecular formula is C19H25N3OS2. The van der Waals surface area contributed by atoms with Crippen LogP contribution in [0.25, 0.3) is 0 Å². The Balaban J connectivity index is 1.44. The first-order valence-corrected chi connectivity index (χ1v) is 10.6. The second-order valence-corrected chi connectivity index (χ2v) is 9.15. The Morgan fingerprint density at radius 1 is 1.32 bits per heavy atom. The van der Waals surface area contributed by atoms with Gasteiger partial charge >= 0.3 is 0 Å². The number of anilines is 1. The monoisotopic (exact) mass is 375 g/mol. The molecule has 1 fully saturated rings. The molecule has 1 amide bonds. The van der Waals surface area contributed by atoms with Crippen LogP contribution in [0.4, 0.5) is 5.13 Å². The van der Waals surface area contributed by atoms with Gasteiger partial charge in [0.25, 0.3) is 0 Å². The zero-order valence-electron chi connectivity index (χ0n) is 14.8. The van der Waals surface area contributed by atoms with E-state index in [4.69, 9.17) is 0 Å². The molecule has 0 radical (unpaired) electrons. The Morgan fingerprint density at radius 2 is 2.04 bits per heavy atom. The molecule has 134 valence electrons. The van der Waals surface area contributed by atoms with Gasteiger partial charge in [0.2, 0.25) is 5.91 Å². The number of aromatic nitrogens is 1. The number of nitrogens with one attached hydrogen (secondary N) is 1. The van der Waals surface area contributed by atoms with E-state index in [0.29, 0.717) is 11.7 Å². The minimum atomic E-state index is 0.122. The molecular weight excluding hydrogens is 350 g/mol. The number of carbonyl (C=O) groups is 1. The van der Waals surface area contributed by atoms with Crippen LogP contribution in [0, 0.1) is 0 Å². The van der Waals surface area contributed by atoms with Gasteiger partial charge in [0.15, 0.2) is 5.13 Å². The summed E-state index contributed by atoms with van der Waals surface area (Å²) in [6.07, 6.45) is 4.27. The van der Waals surface area contributed by atoms with E-state index in [1.54, 1.807) is 11.3 Å². The van der Waals surface area contributed by atoms with Gasteiger partial charge in [-0.3, -0.25) is 4.79 Å². The third kappa shape index (κ3) is 5.47. The molecule has 25 heavy (non-hydrogen) atoms. The summed E-state index contributed by atoms with van der Waals surface area (Å²) < 4.78 is 0. The van der Waals surface area contributed by atoms with Gasteiger partial charge in [-0.15, -0.1) is 23.1 Å². The molecule has 1 aliphatic heterocycles. The minimum absolute atomic E-state index is 0.122. The predicted molar refractivity (Wildman–Crippen MR) is 107 cm³/mol. The number of carbonyl (C=O) groups excluding carboxylic acids is 1. The third-order valence-electron chi connectivity index (χ3n) is 4.21. The van der Waals surface area contributed by atoms with Crippen LogP contribution in [0.2, 0.25) is 0 Å². The molecule has 1 saturated heterocycles. The number of nitrogens with zero attached hydrogens (tertiary/aromatic N) is 2. The van der Waals surface area contributed by atoms with Crippen molar-refractivity contribution in [1.82, 2.24) is 10.3 Å². The molecule has 1 aliphatic rings. The highest BCUT2D eigenvalue weighted by Crippen LogP contribution is 2.23. The van der Waals surface area contributed by atoms with E-state index < -0.39 is 0 Å². The van der Waals surface area contributed by atoms with Gasteiger partial charge in [-0.2, -0.15) is 0 Å². The molecule has 6 heteroatoms. The fourth-order valence-electron chi connectivity index (χ4n) is 3.01. The lowest BCUT2D eigenvalue weighted by Gasteiger charge is -2.32. The fraction of sp³-hybridized carbons (Fsp3) is 0.474. The fourth-order valence-corrected chi connectivity index (χ4v) is 4.54. The van der Waals surface area contributed by atoms with E-state index in [-0.39, 0.29) is 11.9 Å². The van der Waals surface area contributed by atoms with Crippen LogP contribution in [0.15, 0.2) is 40.7 Å². The number of benzene rings is 1. The lowest BCUT2D eigenvalue weighted by Crippen LogP contribution is -2.45. The van der Waals surface area contributed by atoms with Crippen LogP contribution >= 0.6 is 23.1 Å². The molecule has 2 heterocycles. The molecule has 0 unspecified atom stereocenters. The number of hydrogen-bond donors (Lipinski definition) is 1. The summed E-state index contributed by atoms with van der Waals surface area (Å²) in [5.74, 6) is 0.122. The quantitative estimate of drug-likeness (QED) is 0.776. The second-order valence-electron chi connectivity index (χ2n) is 6.63. The molecule has 0 atom stereocenters. The number of thiazole rings is 1. The van der Waals surface area contributed by atoms with Gasteiger partial charge < -0.3 is 10.2 Å². The lowest BCUT2D eigenvalue weighted by molar-refractivity contribution is -0.121. The van der Waals surface area contributed by atoms with E-state index in [2.05, 4.69) is 53.3 Å². The third-order valence-corrected chi connectivity index (χ3v) is 6.06. The maximum Gasteiger partial charge on any atom is 0.224 e. The van der Waals surface area contributed by atoms with Crippen LogP contribution in [-0.4, -0.2) is 35.3 Å². The lowest BCUT2D eigenvalue weighted by atomic mass is 10.0. The van der Waals surface area contributed by atoms with E-state index in [1.165, 1.54) is 4.90 Å². The van der Waals surface area contributed by atoms with E-state index in [9.17, 15) is 4.79 Å². The topological polar surface area (TPSA) is 45.2 Å². The number of thioether (sulfide) groups is 1. The van der Waals surface area contributed by atoms with Gasteiger partial charge in [0, 0.05) is 40.9 Å². The summed E-state index contributed by atoms with van der Waals surface area (Å²) in [5, 5.41) is 6.86.